The van der Waals surface area contributed by atoms with Crippen molar-refractivity contribution in [2.24, 2.45) is 0 Å². The number of rotatable bonds is 5. The molecule has 6 aliphatic heterocycles. The second kappa shape index (κ2) is 18.5. The predicted molar refractivity (Wildman–Crippen MR) is 203 cm³/mol. The zero-order valence-electron chi connectivity index (χ0n) is 31.4. The van der Waals surface area contributed by atoms with Gasteiger partial charge >= 0.3 is 5.97 Å². The first-order valence-electron chi connectivity index (χ1n) is 18.7. The van der Waals surface area contributed by atoms with Gasteiger partial charge in [-0.3, -0.25) is 19.2 Å². The summed E-state index contributed by atoms with van der Waals surface area (Å²) in [5.74, 6) is -2.12. The van der Waals surface area contributed by atoms with Crippen molar-refractivity contribution < 1.29 is 44.1 Å². The van der Waals surface area contributed by atoms with Gasteiger partial charge in [0, 0.05) is 19.4 Å². The summed E-state index contributed by atoms with van der Waals surface area (Å²) in [5, 5.41) is 23.3. The fourth-order valence-electron chi connectivity index (χ4n) is 6.76. The molecule has 4 amide bonds. The van der Waals surface area contributed by atoms with Crippen molar-refractivity contribution in [1.82, 2.24) is 36.6 Å². The largest absolute Gasteiger partial charge is 0.492 e. The van der Waals surface area contributed by atoms with Gasteiger partial charge in [0.25, 0.3) is 0 Å². The van der Waals surface area contributed by atoms with Gasteiger partial charge in [-0.05, 0) is 67.8 Å². The molecule has 9 rings (SSSR count). The first-order chi connectivity index (χ1) is 27.1. The number of carboxylic acids is 1. The van der Waals surface area contributed by atoms with Crippen molar-refractivity contribution in [1.29, 1.82) is 0 Å². The Bertz CT molecular complexity index is 1890. The second-order valence-corrected chi connectivity index (χ2v) is 14.0. The van der Waals surface area contributed by atoms with Crippen LogP contribution >= 0.6 is 0 Å². The van der Waals surface area contributed by atoms with Crippen LogP contribution in [0.25, 0.3) is 0 Å². The molecule has 3 aromatic rings. The Morgan fingerprint density at radius 1 is 0.875 bits per heavy atom. The normalized spacial score (nSPS) is 22.9. The van der Waals surface area contributed by atoms with Crippen LogP contribution in [-0.4, -0.2) is 102 Å². The van der Waals surface area contributed by atoms with Crippen LogP contribution < -0.4 is 41.7 Å². The van der Waals surface area contributed by atoms with Crippen molar-refractivity contribution in [2.45, 2.75) is 62.8 Å². The molecule has 0 aliphatic carbocycles. The number of carboxylic acid groups (broad SMARTS) is 1. The highest BCUT2D eigenvalue weighted by Crippen LogP contribution is 2.23. The molecule has 0 unspecified atom stereocenters. The summed E-state index contributed by atoms with van der Waals surface area (Å²) in [6.07, 6.45) is 2.91. The van der Waals surface area contributed by atoms with E-state index in [9.17, 15) is 29.1 Å². The lowest BCUT2D eigenvalue weighted by molar-refractivity contribution is -0.823. The molecule has 3 aromatic carbocycles. The molecule has 16 nitrogen and oxygen atoms in total. The first-order valence-corrected chi connectivity index (χ1v) is 18.7. The van der Waals surface area contributed by atoms with E-state index < -0.39 is 53.9 Å². The summed E-state index contributed by atoms with van der Waals surface area (Å²) in [6, 6.07) is 17.7. The molecule has 0 aromatic heterocycles. The van der Waals surface area contributed by atoms with Gasteiger partial charge in [-0.15, -0.1) is 5.53 Å². The Morgan fingerprint density at radius 2 is 1.55 bits per heavy atom. The van der Waals surface area contributed by atoms with Crippen molar-refractivity contribution in [3.8, 4) is 11.5 Å². The van der Waals surface area contributed by atoms with Crippen LogP contribution in [0.4, 0.5) is 0 Å². The van der Waals surface area contributed by atoms with E-state index >= 15 is 0 Å². The van der Waals surface area contributed by atoms with Crippen molar-refractivity contribution in [2.75, 3.05) is 33.4 Å². The number of nitrogens with zero attached hydrogens (tertiary/aromatic N) is 2. The Balaban J connectivity index is 1.28. The van der Waals surface area contributed by atoms with Crippen molar-refractivity contribution in [3.63, 3.8) is 0 Å². The lowest BCUT2D eigenvalue weighted by atomic mass is 10.0. The van der Waals surface area contributed by atoms with Crippen LogP contribution in [0.1, 0.15) is 42.5 Å². The van der Waals surface area contributed by atoms with Crippen LogP contribution in [0.5, 0.6) is 11.5 Å². The predicted octanol–water partition coefficient (Wildman–Crippen LogP) is -0.106. The lowest BCUT2D eigenvalue weighted by Gasteiger charge is -2.30. The van der Waals surface area contributed by atoms with Gasteiger partial charge in [-0.2, -0.15) is 0 Å². The maximum Gasteiger partial charge on any atom is 0.326 e. The number of carbonyl (C=O) groups excluding carboxylic acids is 4. The zero-order chi connectivity index (χ0) is 39.6. The first kappa shape index (κ1) is 39.6. The molecule has 5 atom stereocenters. The van der Waals surface area contributed by atoms with E-state index in [0.717, 1.165) is 11.3 Å². The SMILES string of the molecule is CN[C@@H](C)C(=O)N[C@H]1Cc2ccc(cc2)OCC2=CN(CCOc3ccc(cc3)C[C@@H](C(=O)O)NC(=O)[C@H](c3ccccc3)NC(=O)[C@@H]3CCCN3C1=O)[NH2+]N2. The summed E-state index contributed by atoms with van der Waals surface area (Å²) in [6.45, 7) is 3.17. The number of nitrogens with two attached hydrogens (primary N) is 1. The quantitative estimate of drug-likeness (QED) is 0.171. The summed E-state index contributed by atoms with van der Waals surface area (Å²) < 4.78 is 11.9. The highest BCUT2D eigenvalue weighted by molar-refractivity contribution is 5.96. The molecular formula is C40H49N8O8+. The number of aliphatic carboxylic acids is 1. The van der Waals surface area contributed by atoms with Gasteiger partial charge in [-0.1, -0.05) is 54.6 Å². The minimum atomic E-state index is -1.31. The molecule has 0 spiro atoms. The number of amides is 4. The van der Waals surface area contributed by atoms with Crippen LogP contribution in [0.15, 0.2) is 90.8 Å². The van der Waals surface area contributed by atoms with E-state index in [1.165, 1.54) is 4.90 Å². The lowest BCUT2D eigenvalue weighted by Crippen LogP contribution is -2.97. The Kier molecular flexibility index (Phi) is 13.0. The molecule has 16 heteroatoms. The van der Waals surface area contributed by atoms with E-state index in [1.807, 2.05) is 28.9 Å². The van der Waals surface area contributed by atoms with E-state index in [4.69, 9.17) is 9.47 Å². The molecule has 8 N–H and O–H groups in total. The van der Waals surface area contributed by atoms with Gasteiger partial charge in [0.05, 0.1) is 12.2 Å². The molecule has 296 valence electrons. The number of hydrogen-bond acceptors (Lipinski definition) is 10. The van der Waals surface area contributed by atoms with Gasteiger partial charge in [0.15, 0.2) is 0 Å². The van der Waals surface area contributed by atoms with Gasteiger partial charge < -0.3 is 40.7 Å². The molecule has 6 bridgehead atoms. The van der Waals surface area contributed by atoms with Crippen LogP contribution in [0, 0.1) is 0 Å². The molecule has 6 heterocycles. The minimum absolute atomic E-state index is 0.0203. The Morgan fingerprint density at radius 3 is 2.23 bits per heavy atom. The van der Waals surface area contributed by atoms with E-state index in [2.05, 4.69) is 26.7 Å². The van der Waals surface area contributed by atoms with Gasteiger partial charge in [-0.25, -0.2) is 15.2 Å². The number of likely N-dealkylation sites (N-methyl/N-ethyl adjacent to an activating group) is 1. The maximum atomic E-state index is 14.3. The second-order valence-electron chi connectivity index (χ2n) is 14.0. The number of ether oxygens (including phenoxy) is 2. The molecule has 1 fully saturated rings. The molecule has 0 saturated carbocycles. The summed E-state index contributed by atoms with van der Waals surface area (Å²) in [7, 11) is 1.65. The zero-order valence-corrected chi connectivity index (χ0v) is 31.4. The molecule has 56 heavy (non-hydrogen) atoms. The standard InChI is InChI=1S/C40H48N8O8/c1-25(41-2)36(49)42-32-21-26-12-16-31(17-13-26)56-24-29-23-47(46-45-29)19-20-55-30-14-10-27(11-15-30)22-33(40(53)54)43-38(51)35(28-7-4-3-5-8-28)44-37(50)34-9-6-18-48(34)39(32)52/h3-5,7-8,10-17,23,25,32-35,41,45-46H,6,9,18-22,24H2,1-2H3,(H,42,49)(H,43,51)(H,44,50)(H,53,54)/p+1/t25-,32-,33-,34-,35-/m0/s1. The Hall–Kier alpha value is -6.13. The van der Waals surface area contributed by atoms with E-state index in [-0.39, 0.29) is 31.9 Å². The third kappa shape index (κ3) is 10.1. The van der Waals surface area contributed by atoms with Crippen LogP contribution in [0.2, 0.25) is 0 Å². The fraction of sp³-hybridized carbons (Fsp3) is 0.375. The fourth-order valence-corrected chi connectivity index (χ4v) is 6.76. The smallest absolute Gasteiger partial charge is 0.326 e. The van der Waals surface area contributed by atoms with Crippen LogP contribution in [-0.2, 0) is 36.8 Å². The number of carbonyl (C=O) groups is 5. The highest BCUT2D eigenvalue weighted by atomic mass is 16.5. The summed E-state index contributed by atoms with van der Waals surface area (Å²) in [4.78, 5) is 69.3. The van der Waals surface area contributed by atoms with Gasteiger partial charge in [0.1, 0.15) is 61.1 Å². The highest BCUT2D eigenvalue weighted by Gasteiger charge is 2.40. The maximum absolute atomic E-state index is 14.3. The number of quaternary nitrogens is 1. The summed E-state index contributed by atoms with van der Waals surface area (Å²) in [5.41, 5.74) is 7.72. The van der Waals surface area contributed by atoms with Crippen molar-refractivity contribution >= 4 is 29.6 Å². The third-order valence-corrected chi connectivity index (χ3v) is 10.1. The average molecular weight is 770 g/mol. The monoisotopic (exact) mass is 769 g/mol. The topological polar surface area (TPSA) is 207 Å². The Labute approximate surface area is 324 Å². The summed E-state index contributed by atoms with van der Waals surface area (Å²) >= 11 is 0. The minimum Gasteiger partial charge on any atom is -0.492 e. The molecule has 1 saturated heterocycles. The van der Waals surface area contributed by atoms with E-state index in [1.54, 1.807) is 80.7 Å². The number of benzene rings is 3. The average Bonchev–Trinajstić information content (AvgIpc) is 3.89. The molecule has 0 radical (unpaired) electrons. The van der Waals surface area contributed by atoms with Crippen LogP contribution in [0.3, 0.4) is 0 Å². The number of hydrogen-bond donors (Lipinski definition) is 7. The molecule has 6 aliphatic rings. The van der Waals surface area contributed by atoms with Gasteiger partial charge in [0.2, 0.25) is 23.6 Å². The van der Waals surface area contributed by atoms with E-state index in [0.29, 0.717) is 48.6 Å². The molecular weight excluding hydrogens is 720 g/mol. The number of nitrogens with one attached hydrogen (secondary N) is 5. The third-order valence-electron chi connectivity index (χ3n) is 10.1. The van der Waals surface area contributed by atoms with Crippen molar-refractivity contribution in [3.05, 3.63) is 107 Å².